The van der Waals surface area contributed by atoms with Gasteiger partial charge in [0.15, 0.2) is 0 Å². The summed E-state index contributed by atoms with van der Waals surface area (Å²) in [6, 6.07) is 0. The quantitative estimate of drug-likeness (QED) is 0.826. The van der Waals surface area contributed by atoms with Crippen molar-refractivity contribution in [3.8, 4) is 0 Å². The van der Waals surface area contributed by atoms with E-state index in [0.29, 0.717) is 19.0 Å². The van der Waals surface area contributed by atoms with Crippen molar-refractivity contribution < 1.29 is 18.3 Å². The first-order chi connectivity index (χ1) is 7.65. The molecule has 0 bridgehead atoms. The molecule has 1 unspecified atom stereocenters. The molecule has 0 amide bonds. The molecule has 0 spiro atoms. The van der Waals surface area contributed by atoms with Crippen LogP contribution in [0.4, 0.5) is 0 Å². The van der Waals surface area contributed by atoms with Crippen LogP contribution in [0.1, 0.15) is 33.6 Å². The van der Waals surface area contributed by atoms with Crippen molar-refractivity contribution in [2.45, 2.75) is 33.6 Å². The van der Waals surface area contributed by atoms with Crippen LogP contribution in [0.5, 0.6) is 0 Å². The molecule has 0 saturated carbocycles. The summed E-state index contributed by atoms with van der Waals surface area (Å²) in [5, 5.41) is 8.97. The SMILES string of the molecule is CC1CCCN(S(=O)(=O)CC(C)(C)C(=O)O)C1. The van der Waals surface area contributed by atoms with Crippen molar-refractivity contribution in [3.63, 3.8) is 0 Å². The second-order valence-electron chi connectivity index (χ2n) is 5.55. The second kappa shape index (κ2) is 4.94. The van der Waals surface area contributed by atoms with Gasteiger partial charge < -0.3 is 5.11 Å². The van der Waals surface area contributed by atoms with Crippen molar-refractivity contribution in [2.24, 2.45) is 11.3 Å². The lowest BCUT2D eigenvalue weighted by Gasteiger charge is -2.32. The maximum absolute atomic E-state index is 12.1. The number of nitrogens with zero attached hydrogens (tertiary/aromatic N) is 1. The van der Waals surface area contributed by atoms with Crippen LogP contribution in [0.15, 0.2) is 0 Å². The molecule has 1 aliphatic rings. The Labute approximate surface area is 103 Å². The van der Waals surface area contributed by atoms with Gasteiger partial charge in [0, 0.05) is 13.1 Å². The third kappa shape index (κ3) is 3.67. The van der Waals surface area contributed by atoms with Gasteiger partial charge in [-0.05, 0) is 32.6 Å². The van der Waals surface area contributed by atoms with Crippen LogP contribution < -0.4 is 0 Å². The summed E-state index contributed by atoms with van der Waals surface area (Å²) >= 11 is 0. The summed E-state index contributed by atoms with van der Waals surface area (Å²) in [6.45, 7) is 5.94. The molecule has 1 atom stereocenters. The Morgan fingerprint density at radius 1 is 1.47 bits per heavy atom. The maximum atomic E-state index is 12.1. The van der Waals surface area contributed by atoms with Gasteiger partial charge in [0.25, 0.3) is 0 Å². The van der Waals surface area contributed by atoms with Crippen molar-refractivity contribution in [1.29, 1.82) is 0 Å². The highest BCUT2D eigenvalue weighted by molar-refractivity contribution is 7.89. The molecule has 1 heterocycles. The first-order valence-corrected chi connectivity index (χ1v) is 7.47. The highest BCUT2D eigenvalue weighted by Gasteiger charge is 2.37. The molecule has 1 aliphatic heterocycles. The third-order valence-electron chi connectivity index (χ3n) is 3.14. The van der Waals surface area contributed by atoms with Crippen LogP contribution in [0.3, 0.4) is 0 Å². The summed E-state index contributed by atoms with van der Waals surface area (Å²) in [5.41, 5.74) is -1.24. The predicted octanol–water partition coefficient (Wildman–Crippen LogP) is 1.16. The molecule has 6 heteroatoms. The topological polar surface area (TPSA) is 74.7 Å². The lowest BCUT2D eigenvalue weighted by molar-refractivity contribution is -0.145. The molecule has 0 aromatic heterocycles. The predicted molar refractivity (Wildman–Crippen MR) is 65.2 cm³/mol. The minimum atomic E-state index is -3.47. The minimum absolute atomic E-state index is 0.331. The molecule has 0 radical (unpaired) electrons. The van der Waals surface area contributed by atoms with Crippen LogP contribution in [0, 0.1) is 11.3 Å². The number of hydrogen-bond donors (Lipinski definition) is 1. The zero-order valence-corrected chi connectivity index (χ0v) is 11.5. The van der Waals surface area contributed by atoms with E-state index in [4.69, 9.17) is 5.11 Å². The summed E-state index contributed by atoms with van der Waals surface area (Å²) in [7, 11) is -3.47. The monoisotopic (exact) mass is 263 g/mol. The fourth-order valence-electron chi connectivity index (χ4n) is 2.01. The van der Waals surface area contributed by atoms with E-state index in [2.05, 4.69) is 0 Å². The summed E-state index contributed by atoms with van der Waals surface area (Å²) in [5.74, 6) is -1.06. The number of hydrogen-bond acceptors (Lipinski definition) is 3. The van der Waals surface area contributed by atoms with Crippen molar-refractivity contribution in [3.05, 3.63) is 0 Å². The lowest BCUT2D eigenvalue weighted by atomic mass is 9.97. The van der Waals surface area contributed by atoms with Gasteiger partial charge in [-0.3, -0.25) is 4.79 Å². The Morgan fingerprint density at radius 2 is 2.06 bits per heavy atom. The summed E-state index contributed by atoms with van der Waals surface area (Å²) < 4.78 is 25.7. The van der Waals surface area contributed by atoms with Crippen LogP contribution in [-0.4, -0.2) is 42.6 Å². The molecule has 0 aliphatic carbocycles. The minimum Gasteiger partial charge on any atom is -0.481 e. The molecule has 0 aromatic rings. The zero-order chi connectivity index (χ0) is 13.3. The highest BCUT2D eigenvalue weighted by Crippen LogP contribution is 2.24. The van der Waals surface area contributed by atoms with E-state index in [1.54, 1.807) is 0 Å². The lowest BCUT2D eigenvalue weighted by Crippen LogP contribution is -2.44. The Bertz CT molecular complexity index is 388. The number of carboxylic acid groups (broad SMARTS) is 1. The molecule has 0 aromatic carbocycles. The molecule has 17 heavy (non-hydrogen) atoms. The Morgan fingerprint density at radius 3 is 2.53 bits per heavy atom. The van der Waals surface area contributed by atoms with Gasteiger partial charge in [-0.1, -0.05) is 6.92 Å². The van der Waals surface area contributed by atoms with Crippen molar-refractivity contribution in [2.75, 3.05) is 18.8 Å². The molecular weight excluding hydrogens is 242 g/mol. The molecule has 1 N–H and O–H groups in total. The van der Waals surface area contributed by atoms with Gasteiger partial charge in [0.05, 0.1) is 11.2 Å². The number of carbonyl (C=O) groups is 1. The first-order valence-electron chi connectivity index (χ1n) is 5.86. The average molecular weight is 263 g/mol. The molecule has 5 nitrogen and oxygen atoms in total. The summed E-state index contributed by atoms with van der Waals surface area (Å²) in [4.78, 5) is 11.0. The van der Waals surface area contributed by atoms with Crippen molar-refractivity contribution >= 4 is 16.0 Å². The zero-order valence-electron chi connectivity index (χ0n) is 10.6. The van der Waals surface area contributed by atoms with E-state index in [1.807, 2.05) is 6.92 Å². The third-order valence-corrected chi connectivity index (χ3v) is 5.34. The average Bonchev–Trinajstić information content (AvgIpc) is 2.15. The fourth-order valence-corrected chi connectivity index (χ4v) is 4.11. The van der Waals surface area contributed by atoms with Gasteiger partial charge in [0.2, 0.25) is 10.0 Å². The molecule has 1 rings (SSSR count). The van der Waals surface area contributed by atoms with Crippen molar-refractivity contribution in [1.82, 2.24) is 4.31 Å². The fraction of sp³-hybridized carbons (Fsp3) is 0.909. The van der Waals surface area contributed by atoms with E-state index < -0.39 is 21.4 Å². The largest absolute Gasteiger partial charge is 0.481 e. The highest BCUT2D eigenvalue weighted by atomic mass is 32.2. The Hall–Kier alpha value is -0.620. The number of carboxylic acids is 1. The van der Waals surface area contributed by atoms with Crippen LogP contribution in [0.25, 0.3) is 0 Å². The molecule has 1 saturated heterocycles. The van der Waals surface area contributed by atoms with Gasteiger partial charge in [-0.25, -0.2) is 12.7 Å². The van der Waals surface area contributed by atoms with E-state index in [0.717, 1.165) is 12.8 Å². The molecule has 100 valence electrons. The van der Waals surface area contributed by atoms with Gasteiger partial charge in [0.1, 0.15) is 0 Å². The maximum Gasteiger partial charge on any atom is 0.310 e. The van der Waals surface area contributed by atoms with E-state index in [-0.39, 0.29) is 5.75 Å². The molecular formula is C11H21NO4S. The van der Waals surface area contributed by atoms with Gasteiger partial charge in [-0.2, -0.15) is 0 Å². The van der Waals surface area contributed by atoms with Crippen LogP contribution in [0.2, 0.25) is 0 Å². The van der Waals surface area contributed by atoms with Gasteiger partial charge in [-0.15, -0.1) is 0 Å². The first kappa shape index (κ1) is 14.4. The number of piperidine rings is 1. The normalized spacial score (nSPS) is 23.6. The van der Waals surface area contributed by atoms with Crippen LogP contribution in [-0.2, 0) is 14.8 Å². The van der Waals surface area contributed by atoms with Crippen LogP contribution >= 0.6 is 0 Å². The molecule has 1 fully saturated rings. The van der Waals surface area contributed by atoms with E-state index in [1.165, 1.54) is 18.2 Å². The van der Waals surface area contributed by atoms with Gasteiger partial charge >= 0.3 is 5.97 Å². The Balaban J connectivity index is 2.78. The summed E-state index contributed by atoms with van der Waals surface area (Å²) in [6.07, 6.45) is 1.89. The van der Waals surface area contributed by atoms with E-state index >= 15 is 0 Å². The Kier molecular flexibility index (Phi) is 4.19. The standard InChI is InChI=1S/C11H21NO4S/c1-9-5-4-6-12(7-9)17(15,16)8-11(2,3)10(13)14/h9H,4-8H2,1-3H3,(H,13,14). The second-order valence-corrected chi connectivity index (χ2v) is 7.52. The van der Waals surface area contributed by atoms with E-state index in [9.17, 15) is 13.2 Å². The number of aliphatic carboxylic acids is 1. The smallest absolute Gasteiger partial charge is 0.310 e. The number of sulfonamides is 1. The number of rotatable bonds is 4.